The van der Waals surface area contributed by atoms with Crippen molar-refractivity contribution in [1.29, 1.82) is 0 Å². The van der Waals surface area contributed by atoms with Crippen LogP contribution in [0.15, 0.2) is 40.9 Å². The van der Waals surface area contributed by atoms with Gasteiger partial charge in [0.25, 0.3) is 0 Å². The molecule has 1 fully saturated rings. The summed E-state index contributed by atoms with van der Waals surface area (Å²) in [4.78, 5) is 6.76. The van der Waals surface area contributed by atoms with E-state index in [-0.39, 0.29) is 0 Å². The fourth-order valence-corrected chi connectivity index (χ4v) is 3.68. The zero-order chi connectivity index (χ0) is 17.5. The van der Waals surface area contributed by atoms with E-state index in [1.165, 1.54) is 24.9 Å². The van der Waals surface area contributed by atoms with Crippen LogP contribution in [0.2, 0.25) is 0 Å². The Bertz CT molecular complexity index is 626. The highest BCUT2D eigenvalue weighted by molar-refractivity contribution is 5.80. The summed E-state index contributed by atoms with van der Waals surface area (Å²) in [5.74, 6) is 1.85. The van der Waals surface area contributed by atoms with E-state index in [2.05, 4.69) is 38.7 Å². The third-order valence-electron chi connectivity index (χ3n) is 5.05. The van der Waals surface area contributed by atoms with Crippen LogP contribution < -0.4 is 20.3 Å². The first-order valence-corrected chi connectivity index (χ1v) is 9.33. The largest absolute Gasteiger partial charge is 0.495 e. The van der Waals surface area contributed by atoms with Gasteiger partial charge in [-0.15, -0.1) is 0 Å². The first-order valence-electron chi connectivity index (χ1n) is 9.33. The van der Waals surface area contributed by atoms with Crippen LogP contribution in [-0.2, 0) is 0 Å². The molecule has 1 aromatic carbocycles. The van der Waals surface area contributed by atoms with Gasteiger partial charge < -0.3 is 20.3 Å². The molecule has 0 saturated carbocycles. The average Bonchev–Trinajstić information content (AvgIpc) is 3.32. The molecule has 25 heavy (non-hydrogen) atoms. The van der Waals surface area contributed by atoms with Crippen molar-refractivity contribution in [1.82, 2.24) is 10.6 Å². The molecule has 1 unspecified atom stereocenters. The monoisotopic (exact) mass is 342 g/mol. The number of hydrogen-bond acceptors (Lipinski definition) is 3. The highest BCUT2D eigenvalue weighted by Gasteiger charge is 2.25. The molecule has 0 radical (unpaired) electrons. The highest BCUT2D eigenvalue weighted by Crippen LogP contribution is 2.30. The Labute approximate surface area is 151 Å². The van der Waals surface area contributed by atoms with E-state index in [1.807, 2.05) is 19.2 Å². The molecule has 1 heterocycles. The van der Waals surface area contributed by atoms with Crippen molar-refractivity contribution in [2.75, 3.05) is 38.7 Å². The SMILES string of the molecule is CN=C(NCCC1=CCCC1)NC1CCN(c2ccccc2OC)C1. The van der Waals surface area contributed by atoms with Gasteiger partial charge in [-0.05, 0) is 44.2 Å². The van der Waals surface area contributed by atoms with Gasteiger partial charge >= 0.3 is 0 Å². The van der Waals surface area contributed by atoms with E-state index in [1.54, 1.807) is 12.7 Å². The summed E-state index contributed by atoms with van der Waals surface area (Å²) >= 11 is 0. The van der Waals surface area contributed by atoms with Gasteiger partial charge in [0.2, 0.25) is 0 Å². The molecule has 2 aliphatic rings. The Morgan fingerprint density at radius 1 is 1.36 bits per heavy atom. The summed E-state index contributed by atoms with van der Waals surface area (Å²) in [6, 6.07) is 8.63. The number of ether oxygens (including phenoxy) is 1. The predicted octanol–water partition coefficient (Wildman–Crippen LogP) is 2.94. The summed E-state index contributed by atoms with van der Waals surface area (Å²) in [5, 5.41) is 7.02. The van der Waals surface area contributed by atoms with E-state index in [9.17, 15) is 0 Å². The molecule has 2 N–H and O–H groups in total. The number of anilines is 1. The molecule has 136 valence electrons. The molecule has 0 aromatic heterocycles. The quantitative estimate of drug-likeness (QED) is 0.474. The Balaban J connectivity index is 1.47. The Kier molecular flexibility index (Phi) is 6.20. The number of nitrogens with zero attached hydrogens (tertiary/aromatic N) is 2. The summed E-state index contributed by atoms with van der Waals surface area (Å²) < 4.78 is 5.49. The number of aliphatic imine (C=N–C) groups is 1. The number of rotatable bonds is 6. The molecule has 1 aliphatic heterocycles. The fourth-order valence-electron chi connectivity index (χ4n) is 3.68. The molecule has 1 aliphatic carbocycles. The summed E-state index contributed by atoms with van der Waals surface area (Å²) in [7, 11) is 3.58. The first kappa shape index (κ1) is 17.6. The summed E-state index contributed by atoms with van der Waals surface area (Å²) in [5.41, 5.74) is 2.76. The van der Waals surface area contributed by atoms with Gasteiger partial charge in [-0.3, -0.25) is 4.99 Å². The molecule has 1 aromatic rings. The molecule has 0 spiro atoms. The Hall–Kier alpha value is -2.17. The van der Waals surface area contributed by atoms with E-state index in [0.29, 0.717) is 6.04 Å². The molecule has 5 nitrogen and oxygen atoms in total. The van der Waals surface area contributed by atoms with Crippen LogP contribution in [0.25, 0.3) is 0 Å². The maximum atomic E-state index is 5.49. The minimum absolute atomic E-state index is 0.404. The van der Waals surface area contributed by atoms with Crippen molar-refractivity contribution in [2.24, 2.45) is 4.99 Å². The van der Waals surface area contributed by atoms with E-state index >= 15 is 0 Å². The second-order valence-electron chi connectivity index (χ2n) is 6.75. The van der Waals surface area contributed by atoms with Crippen LogP contribution in [-0.4, -0.2) is 45.8 Å². The van der Waals surface area contributed by atoms with Crippen molar-refractivity contribution in [3.05, 3.63) is 35.9 Å². The van der Waals surface area contributed by atoms with E-state index in [4.69, 9.17) is 4.74 Å². The molecule has 0 bridgehead atoms. The molecular weight excluding hydrogens is 312 g/mol. The molecule has 5 heteroatoms. The molecule has 1 atom stereocenters. The number of benzene rings is 1. The second-order valence-corrected chi connectivity index (χ2v) is 6.75. The van der Waals surface area contributed by atoms with Crippen molar-refractivity contribution in [3.8, 4) is 5.75 Å². The third-order valence-corrected chi connectivity index (χ3v) is 5.05. The van der Waals surface area contributed by atoms with Crippen LogP contribution >= 0.6 is 0 Å². The van der Waals surface area contributed by atoms with Crippen molar-refractivity contribution in [2.45, 2.75) is 38.1 Å². The average molecular weight is 342 g/mol. The van der Waals surface area contributed by atoms with E-state index in [0.717, 1.165) is 44.2 Å². The van der Waals surface area contributed by atoms with Crippen molar-refractivity contribution < 1.29 is 4.74 Å². The zero-order valence-electron chi connectivity index (χ0n) is 15.4. The lowest BCUT2D eigenvalue weighted by atomic mass is 10.2. The van der Waals surface area contributed by atoms with Crippen LogP contribution in [0.3, 0.4) is 0 Å². The summed E-state index contributed by atoms with van der Waals surface area (Å²) in [6.45, 7) is 2.95. The number of hydrogen-bond donors (Lipinski definition) is 2. The zero-order valence-corrected chi connectivity index (χ0v) is 15.4. The summed E-state index contributed by atoms with van der Waals surface area (Å²) in [6.07, 6.45) is 8.46. The number of nitrogens with one attached hydrogen (secondary N) is 2. The first-order chi connectivity index (χ1) is 12.3. The Morgan fingerprint density at radius 2 is 2.24 bits per heavy atom. The maximum absolute atomic E-state index is 5.49. The molecule has 3 rings (SSSR count). The van der Waals surface area contributed by atoms with Gasteiger partial charge in [-0.2, -0.15) is 0 Å². The number of methoxy groups -OCH3 is 1. The van der Waals surface area contributed by atoms with Gasteiger partial charge in [-0.1, -0.05) is 23.8 Å². The van der Waals surface area contributed by atoms with E-state index < -0.39 is 0 Å². The fraction of sp³-hybridized carbons (Fsp3) is 0.550. The molecule has 1 saturated heterocycles. The van der Waals surface area contributed by atoms with Crippen LogP contribution in [0, 0.1) is 0 Å². The van der Waals surface area contributed by atoms with Gasteiger partial charge in [0, 0.05) is 32.7 Å². The smallest absolute Gasteiger partial charge is 0.191 e. The molecule has 0 amide bonds. The van der Waals surface area contributed by atoms with Crippen LogP contribution in [0.5, 0.6) is 5.75 Å². The minimum atomic E-state index is 0.404. The normalized spacial score (nSPS) is 20.6. The second kappa shape index (κ2) is 8.79. The lowest BCUT2D eigenvalue weighted by molar-refractivity contribution is 0.415. The van der Waals surface area contributed by atoms with Gasteiger partial charge in [0.15, 0.2) is 5.96 Å². The third kappa shape index (κ3) is 4.68. The topological polar surface area (TPSA) is 48.9 Å². The van der Waals surface area contributed by atoms with Gasteiger partial charge in [0.1, 0.15) is 5.75 Å². The van der Waals surface area contributed by atoms with Crippen LogP contribution in [0.4, 0.5) is 5.69 Å². The number of guanidine groups is 1. The highest BCUT2D eigenvalue weighted by atomic mass is 16.5. The Morgan fingerprint density at radius 3 is 3.00 bits per heavy atom. The number of allylic oxidation sites excluding steroid dienone is 1. The van der Waals surface area contributed by atoms with Crippen molar-refractivity contribution in [3.63, 3.8) is 0 Å². The van der Waals surface area contributed by atoms with Crippen LogP contribution in [0.1, 0.15) is 32.1 Å². The van der Waals surface area contributed by atoms with Crippen molar-refractivity contribution >= 4 is 11.6 Å². The minimum Gasteiger partial charge on any atom is -0.495 e. The predicted molar refractivity (Wildman–Crippen MR) is 105 cm³/mol. The van der Waals surface area contributed by atoms with Gasteiger partial charge in [-0.25, -0.2) is 0 Å². The standard InChI is InChI=1S/C20H30N4O/c1-21-20(22-13-11-16-7-3-4-8-16)23-17-12-14-24(15-17)18-9-5-6-10-19(18)25-2/h5-7,9-10,17H,3-4,8,11-15H2,1-2H3,(H2,21,22,23). The lowest BCUT2D eigenvalue weighted by Gasteiger charge is -2.22. The number of para-hydroxylation sites is 2. The lowest BCUT2D eigenvalue weighted by Crippen LogP contribution is -2.44. The van der Waals surface area contributed by atoms with Gasteiger partial charge in [0.05, 0.1) is 12.8 Å². The maximum Gasteiger partial charge on any atom is 0.191 e. The molecular formula is C20H30N4O.